The summed E-state index contributed by atoms with van der Waals surface area (Å²) in [6, 6.07) is 0. The fourth-order valence-corrected chi connectivity index (χ4v) is 1.16. The highest BCUT2D eigenvalue weighted by atomic mass is 16.4. The number of carboxylic acid groups (broad SMARTS) is 1. The number of nitrogens with zero attached hydrogens (tertiary/aromatic N) is 4. The first kappa shape index (κ1) is 9.32. The third kappa shape index (κ3) is 2.16. The zero-order chi connectivity index (χ0) is 10.7. The van der Waals surface area contributed by atoms with Crippen molar-refractivity contribution in [3.8, 4) is 0 Å². The van der Waals surface area contributed by atoms with E-state index >= 15 is 0 Å². The fraction of sp³-hybridized carbons (Fsp3) is 0.111. The van der Waals surface area contributed by atoms with E-state index in [9.17, 15) is 4.79 Å². The summed E-state index contributed by atoms with van der Waals surface area (Å²) >= 11 is 0. The maximum absolute atomic E-state index is 10.6. The van der Waals surface area contributed by atoms with Gasteiger partial charge < -0.3 is 9.67 Å². The molecule has 0 saturated heterocycles. The minimum absolute atomic E-state index is 0.0268. The molecule has 0 aliphatic heterocycles. The summed E-state index contributed by atoms with van der Waals surface area (Å²) in [6.07, 6.45) is 7.71. The van der Waals surface area contributed by atoms with Gasteiger partial charge in [-0.15, -0.1) is 0 Å². The van der Waals surface area contributed by atoms with E-state index in [1.165, 1.54) is 12.5 Å². The SMILES string of the molecule is O=C(O)c1cn(Cc2cnccn2)cn1. The lowest BCUT2D eigenvalue weighted by Gasteiger charge is -1.99. The maximum Gasteiger partial charge on any atom is 0.356 e. The van der Waals surface area contributed by atoms with Crippen molar-refractivity contribution in [1.29, 1.82) is 0 Å². The van der Waals surface area contributed by atoms with Crippen LogP contribution in [-0.2, 0) is 6.54 Å². The van der Waals surface area contributed by atoms with Gasteiger partial charge >= 0.3 is 5.97 Å². The van der Waals surface area contributed by atoms with E-state index in [1.807, 2.05) is 0 Å². The predicted octanol–water partition coefficient (Wildman–Crippen LogP) is 0.420. The zero-order valence-electron chi connectivity index (χ0n) is 7.74. The van der Waals surface area contributed by atoms with Crippen molar-refractivity contribution in [2.75, 3.05) is 0 Å². The van der Waals surface area contributed by atoms with Gasteiger partial charge in [-0.25, -0.2) is 9.78 Å². The topological polar surface area (TPSA) is 80.9 Å². The van der Waals surface area contributed by atoms with E-state index in [0.29, 0.717) is 6.54 Å². The summed E-state index contributed by atoms with van der Waals surface area (Å²) in [4.78, 5) is 22.3. The van der Waals surface area contributed by atoms with Crippen LogP contribution in [-0.4, -0.2) is 30.6 Å². The fourth-order valence-electron chi connectivity index (χ4n) is 1.16. The summed E-state index contributed by atoms with van der Waals surface area (Å²) in [5.74, 6) is -1.03. The molecule has 6 heteroatoms. The van der Waals surface area contributed by atoms with Crippen LogP contribution < -0.4 is 0 Å². The van der Waals surface area contributed by atoms with Crippen molar-refractivity contribution >= 4 is 5.97 Å². The first-order chi connectivity index (χ1) is 7.25. The highest BCUT2D eigenvalue weighted by Gasteiger charge is 2.06. The average Bonchev–Trinajstić information content (AvgIpc) is 2.68. The molecule has 6 nitrogen and oxygen atoms in total. The number of rotatable bonds is 3. The second-order valence-electron chi connectivity index (χ2n) is 2.93. The Labute approximate surface area is 85.3 Å². The van der Waals surface area contributed by atoms with Gasteiger partial charge in [0.15, 0.2) is 5.69 Å². The number of hydrogen-bond donors (Lipinski definition) is 1. The Morgan fingerprint density at radius 2 is 2.27 bits per heavy atom. The minimum atomic E-state index is -1.03. The molecule has 0 saturated carbocycles. The van der Waals surface area contributed by atoms with E-state index in [4.69, 9.17) is 5.11 Å². The molecule has 0 spiro atoms. The Hall–Kier alpha value is -2.24. The van der Waals surface area contributed by atoms with Crippen LogP contribution in [0.3, 0.4) is 0 Å². The van der Waals surface area contributed by atoms with Gasteiger partial charge in [-0.2, -0.15) is 0 Å². The number of imidazole rings is 1. The van der Waals surface area contributed by atoms with Crippen molar-refractivity contribution in [2.45, 2.75) is 6.54 Å². The number of aromatic carboxylic acids is 1. The minimum Gasteiger partial charge on any atom is -0.476 e. The monoisotopic (exact) mass is 204 g/mol. The summed E-state index contributed by atoms with van der Waals surface area (Å²) in [6.45, 7) is 0.466. The van der Waals surface area contributed by atoms with E-state index in [1.54, 1.807) is 23.2 Å². The second-order valence-corrected chi connectivity index (χ2v) is 2.93. The molecule has 0 bridgehead atoms. The number of aromatic nitrogens is 4. The molecule has 76 valence electrons. The molecule has 0 aliphatic rings. The second kappa shape index (κ2) is 3.87. The van der Waals surface area contributed by atoms with Gasteiger partial charge in [0, 0.05) is 18.6 Å². The smallest absolute Gasteiger partial charge is 0.356 e. The van der Waals surface area contributed by atoms with Crippen molar-refractivity contribution in [3.05, 3.63) is 42.5 Å². The predicted molar refractivity (Wildman–Crippen MR) is 50.3 cm³/mol. The standard InChI is InChI=1S/C9H8N4O2/c14-9(15)8-5-13(6-12-8)4-7-3-10-1-2-11-7/h1-3,5-6H,4H2,(H,14,15). The molecule has 0 aliphatic carbocycles. The van der Waals surface area contributed by atoms with Crippen LogP contribution in [0.2, 0.25) is 0 Å². The van der Waals surface area contributed by atoms with E-state index in [2.05, 4.69) is 15.0 Å². The van der Waals surface area contributed by atoms with E-state index in [0.717, 1.165) is 5.69 Å². The van der Waals surface area contributed by atoms with Crippen LogP contribution in [0.5, 0.6) is 0 Å². The highest BCUT2D eigenvalue weighted by molar-refractivity contribution is 5.84. The lowest BCUT2D eigenvalue weighted by molar-refractivity contribution is 0.0691. The molecule has 0 radical (unpaired) electrons. The van der Waals surface area contributed by atoms with Gasteiger partial charge in [0.1, 0.15) is 0 Å². The molecule has 15 heavy (non-hydrogen) atoms. The third-order valence-corrected chi connectivity index (χ3v) is 1.81. The largest absolute Gasteiger partial charge is 0.476 e. The quantitative estimate of drug-likeness (QED) is 0.783. The van der Waals surface area contributed by atoms with E-state index < -0.39 is 5.97 Å². The molecule has 0 fully saturated rings. The van der Waals surface area contributed by atoms with Gasteiger partial charge in [0.05, 0.1) is 24.8 Å². The van der Waals surface area contributed by atoms with Crippen molar-refractivity contribution in [1.82, 2.24) is 19.5 Å². The summed E-state index contributed by atoms with van der Waals surface area (Å²) in [7, 11) is 0. The summed E-state index contributed by atoms with van der Waals surface area (Å²) < 4.78 is 1.65. The lowest BCUT2D eigenvalue weighted by Crippen LogP contribution is -2.00. The van der Waals surface area contributed by atoms with Gasteiger partial charge in [-0.1, -0.05) is 0 Å². The lowest BCUT2D eigenvalue weighted by atomic mass is 10.4. The Morgan fingerprint density at radius 1 is 1.40 bits per heavy atom. The van der Waals surface area contributed by atoms with Crippen molar-refractivity contribution < 1.29 is 9.90 Å². The molecular weight excluding hydrogens is 196 g/mol. The van der Waals surface area contributed by atoms with Crippen molar-refractivity contribution in [3.63, 3.8) is 0 Å². The number of carbonyl (C=O) groups is 1. The molecule has 2 aromatic rings. The molecule has 0 atom stereocenters. The van der Waals surface area contributed by atoms with Gasteiger partial charge in [0.25, 0.3) is 0 Å². The molecule has 2 rings (SSSR count). The number of hydrogen-bond acceptors (Lipinski definition) is 4. The third-order valence-electron chi connectivity index (χ3n) is 1.81. The van der Waals surface area contributed by atoms with Gasteiger partial charge in [-0.05, 0) is 0 Å². The van der Waals surface area contributed by atoms with E-state index in [-0.39, 0.29) is 5.69 Å². The molecule has 2 aromatic heterocycles. The number of carboxylic acids is 1. The summed E-state index contributed by atoms with van der Waals surface area (Å²) in [5, 5.41) is 8.66. The first-order valence-corrected chi connectivity index (χ1v) is 4.25. The van der Waals surface area contributed by atoms with Crippen LogP contribution >= 0.6 is 0 Å². The van der Waals surface area contributed by atoms with Crippen molar-refractivity contribution in [2.24, 2.45) is 0 Å². The summed E-state index contributed by atoms with van der Waals surface area (Å²) in [5.41, 5.74) is 0.783. The van der Waals surface area contributed by atoms with Gasteiger partial charge in [-0.3, -0.25) is 9.97 Å². The van der Waals surface area contributed by atoms with Crippen LogP contribution in [0.25, 0.3) is 0 Å². The molecule has 2 heterocycles. The highest BCUT2D eigenvalue weighted by Crippen LogP contribution is 2.00. The Bertz CT molecular complexity index is 466. The van der Waals surface area contributed by atoms with Crippen LogP contribution in [0.15, 0.2) is 31.1 Å². The average molecular weight is 204 g/mol. The Kier molecular flexibility index (Phi) is 2.40. The molecule has 0 unspecified atom stereocenters. The molecular formula is C9H8N4O2. The molecule has 0 amide bonds. The Balaban J connectivity index is 2.15. The zero-order valence-corrected chi connectivity index (χ0v) is 7.74. The first-order valence-electron chi connectivity index (χ1n) is 4.25. The normalized spacial score (nSPS) is 10.1. The molecule has 0 aromatic carbocycles. The van der Waals surface area contributed by atoms with Crippen LogP contribution in [0, 0.1) is 0 Å². The van der Waals surface area contributed by atoms with Gasteiger partial charge in [0.2, 0.25) is 0 Å². The van der Waals surface area contributed by atoms with Crippen LogP contribution in [0.4, 0.5) is 0 Å². The maximum atomic E-state index is 10.6. The Morgan fingerprint density at radius 3 is 2.87 bits per heavy atom. The van der Waals surface area contributed by atoms with Crippen LogP contribution in [0.1, 0.15) is 16.2 Å². The molecule has 1 N–H and O–H groups in total.